The van der Waals surface area contributed by atoms with Crippen molar-refractivity contribution >= 4 is 39.0 Å². The number of nitrogens with one attached hydrogen (secondary N) is 1. The van der Waals surface area contributed by atoms with Crippen molar-refractivity contribution in [3.8, 4) is 0 Å². The van der Waals surface area contributed by atoms with Crippen LogP contribution in [0.3, 0.4) is 0 Å². The highest BCUT2D eigenvalue weighted by molar-refractivity contribution is 9.10. The Morgan fingerprint density at radius 3 is 2.84 bits per heavy atom. The van der Waals surface area contributed by atoms with E-state index in [9.17, 15) is 14.9 Å². The van der Waals surface area contributed by atoms with Gasteiger partial charge < -0.3 is 4.74 Å². The quantitative estimate of drug-likeness (QED) is 0.388. The standard InChI is InChI=1S/C11H12BrN3O4/c1-3-19-11(16)7(2)13-14-9-6-8(12)4-5-10(9)15(17)18/h4-6,14H,3H2,1-2H3. The van der Waals surface area contributed by atoms with Crippen LogP contribution in [0.2, 0.25) is 0 Å². The number of nitro benzene ring substituents is 1. The van der Waals surface area contributed by atoms with E-state index < -0.39 is 10.9 Å². The van der Waals surface area contributed by atoms with E-state index in [4.69, 9.17) is 4.74 Å². The van der Waals surface area contributed by atoms with Crippen LogP contribution < -0.4 is 5.43 Å². The van der Waals surface area contributed by atoms with E-state index in [1.54, 1.807) is 13.0 Å². The maximum atomic E-state index is 11.3. The minimum absolute atomic E-state index is 0.0797. The highest BCUT2D eigenvalue weighted by atomic mass is 79.9. The van der Waals surface area contributed by atoms with Gasteiger partial charge in [-0.3, -0.25) is 15.5 Å². The lowest BCUT2D eigenvalue weighted by atomic mass is 10.3. The first-order chi connectivity index (χ1) is 8.95. The van der Waals surface area contributed by atoms with Gasteiger partial charge in [-0.1, -0.05) is 15.9 Å². The van der Waals surface area contributed by atoms with Crippen molar-refractivity contribution in [2.24, 2.45) is 5.10 Å². The second kappa shape index (κ2) is 6.83. The number of esters is 1. The number of ether oxygens (including phenoxy) is 1. The SMILES string of the molecule is CCOC(=O)C(C)=NNc1cc(Br)ccc1[N+](=O)[O-]. The van der Waals surface area contributed by atoms with Gasteiger partial charge >= 0.3 is 5.97 Å². The summed E-state index contributed by atoms with van der Waals surface area (Å²) in [7, 11) is 0. The molecule has 0 amide bonds. The van der Waals surface area contributed by atoms with Gasteiger partial charge in [-0.2, -0.15) is 5.10 Å². The molecule has 0 spiro atoms. The Balaban J connectivity index is 2.93. The lowest BCUT2D eigenvalue weighted by molar-refractivity contribution is -0.384. The Bertz CT molecular complexity index is 531. The molecule has 0 atom stereocenters. The van der Waals surface area contributed by atoms with Crippen LogP contribution >= 0.6 is 15.9 Å². The molecule has 102 valence electrons. The minimum Gasteiger partial charge on any atom is -0.461 e. The number of hydrogen-bond donors (Lipinski definition) is 1. The maximum absolute atomic E-state index is 11.3. The average Bonchev–Trinajstić information content (AvgIpc) is 2.35. The van der Waals surface area contributed by atoms with Gasteiger partial charge in [0.25, 0.3) is 5.69 Å². The largest absolute Gasteiger partial charge is 0.461 e. The number of halogens is 1. The molecule has 0 unspecified atom stereocenters. The van der Waals surface area contributed by atoms with Gasteiger partial charge in [0.2, 0.25) is 0 Å². The van der Waals surface area contributed by atoms with Crippen molar-refractivity contribution in [3.63, 3.8) is 0 Å². The van der Waals surface area contributed by atoms with E-state index in [0.717, 1.165) is 0 Å². The fourth-order valence-electron chi connectivity index (χ4n) is 1.18. The first kappa shape index (κ1) is 15.1. The number of hydrogen-bond acceptors (Lipinski definition) is 6. The van der Waals surface area contributed by atoms with E-state index in [-0.39, 0.29) is 23.7 Å². The molecule has 0 aliphatic rings. The van der Waals surface area contributed by atoms with Crippen molar-refractivity contribution < 1.29 is 14.5 Å². The van der Waals surface area contributed by atoms with Crippen LogP contribution in [-0.4, -0.2) is 23.2 Å². The lowest BCUT2D eigenvalue weighted by Gasteiger charge is -2.04. The molecule has 1 rings (SSSR count). The summed E-state index contributed by atoms with van der Waals surface area (Å²) in [5.74, 6) is -0.576. The first-order valence-corrected chi connectivity index (χ1v) is 6.16. The molecule has 19 heavy (non-hydrogen) atoms. The van der Waals surface area contributed by atoms with E-state index in [2.05, 4.69) is 26.5 Å². The van der Waals surface area contributed by atoms with Crippen molar-refractivity contribution in [1.82, 2.24) is 0 Å². The average molecular weight is 330 g/mol. The molecule has 1 aromatic carbocycles. The molecule has 0 aliphatic heterocycles. The normalized spacial score (nSPS) is 11.0. The van der Waals surface area contributed by atoms with E-state index in [1.807, 2.05) is 0 Å². The Morgan fingerprint density at radius 2 is 2.26 bits per heavy atom. The predicted molar refractivity (Wildman–Crippen MR) is 74.2 cm³/mol. The third kappa shape index (κ3) is 4.32. The third-order valence-corrected chi connectivity index (χ3v) is 2.56. The number of nitrogens with zero attached hydrogens (tertiary/aromatic N) is 2. The molecule has 0 saturated heterocycles. The Morgan fingerprint density at radius 1 is 1.58 bits per heavy atom. The summed E-state index contributed by atoms with van der Waals surface area (Å²) < 4.78 is 5.40. The highest BCUT2D eigenvalue weighted by Crippen LogP contribution is 2.27. The van der Waals surface area contributed by atoms with Crippen LogP contribution in [0.15, 0.2) is 27.8 Å². The van der Waals surface area contributed by atoms with Crippen LogP contribution in [0.1, 0.15) is 13.8 Å². The minimum atomic E-state index is -0.576. The lowest BCUT2D eigenvalue weighted by Crippen LogP contribution is -2.15. The molecule has 0 bridgehead atoms. The zero-order valence-electron chi connectivity index (χ0n) is 10.3. The van der Waals surface area contributed by atoms with E-state index in [1.165, 1.54) is 19.1 Å². The van der Waals surface area contributed by atoms with Gasteiger partial charge in [0.05, 0.1) is 11.5 Å². The molecule has 0 fully saturated rings. The summed E-state index contributed by atoms with van der Waals surface area (Å²) >= 11 is 3.20. The third-order valence-electron chi connectivity index (χ3n) is 2.07. The molecular formula is C11H12BrN3O4. The number of anilines is 1. The maximum Gasteiger partial charge on any atom is 0.354 e. The molecule has 0 aromatic heterocycles. The topological polar surface area (TPSA) is 93.8 Å². The predicted octanol–water partition coefficient (Wildman–Crippen LogP) is 2.71. The molecule has 8 heteroatoms. The summed E-state index contributed by atoms with van der Waals surface area (Å²) in [6.07, 6.45) is 0. The first-order valence-electron chi connectivity index (χ1n) is 5.37. The Kier molecular flexibility index (Phi) is 5.43. The Labute approximate surface area is 117 Å². The summed E-state index contributed by atoms with van der Waals surface area (Å²) in [6.45, 7) is 3.37. The molecule has 7 nitrogen and oxygen atoms in total. The van der Waals surface area contributed by atoms with Gasteiger partial charge in [-0.15, -0.1) is 0 Å². The number of hydrazone groups is 1. The van der Waals surface area contributed by atoms with Crippen molar-refractivity contribution in [3.05, 3.63) is 32.8 Å². The highest BCUT2D eigenvalue weighted by Gasteiger charge is 2.14. The van der Waals surface area contributed by atoms with E-state index in [0.29, 0.717) is 4.47 Å². The van der Waals surface area contributed by atoms with Gasteiger partial charge in [0.15, 0.2) is 0 Å². The fraction of sp³-hybridized carbons (Fsp3) is 0.273. The van der Waals surface area contributed by atoms with Crippen LogP contribution in [0.4, 0.5) is 11.4 Å². The number of benzene rings is 1. The zero-order valence-corrected chi connectivity index (χ0v) is 11.9. The smallest absolute Gasteiger partial charge is 0.354 e. The Hall–Kier alpha value is -1.96. The summed E-state index contributed by atoms with van der Waals surface area (Å²) in [5.41, 5.74) is 2.62. The second-order valence-electron chi connectivity index (χ2n) is 3.45. The summed E-state index contributed by atoms with van der Waals surface area (Å²) in [5, 5.41) is 14.6. The van der Waals surface area contributed by atoms with Crippen molar-refractivity contribution in [2.75, 3.05) is 12.0 Å². The van der Waals surface area contributed by atoms with Crippen molar-refractivity contribution in [2.45, 2.75) is 13.8 Å². The van der Waals surface area contributed by atoms with Crippen molar-refractivity contribution in [1.29, 1.82) is 0 Å². The second-order valence-corrected chi connectivity index (χ2v) is 4.36. The van der Waals surface area contributed by atoms with Crippen LogP contribution in [0, 0.1) is 10.1 Å². The van der Waals surface area contributed by atoms with Crippen LogP contribution in [0.5, 0.6) is 0 Å². The molecule has 0 saturated carbocycles. The number of nitro groups is 1. The number of rotatable bonds is 5. The number of carbonyl (C=O) groups is 1. The molecule has 1 N–H and O–H groups in total. The molecule has 0 heterocycles. The van der Waals surface area contributed by atoms with Gasteiger partial charge in [-0.25, -0.2) is 4.79 Å². The molecular weight excluding hydrogens is 318 g/mol. The zero-order chi connectivity index (χ0) is 14.4. The van der Waals surface area contributed by atoms with Gasteiger partial charge in [0.1, 0.15) is 11.4 Å². The van der Waals surface area contributed by atoms with Crippen LogP contribution in [-0.2, 0) is 9.53 Å². The van der Waals surface area contributed by atoms with Crippen LogP contribution in [0.25, 0.3) is 0 Å². The summed E-state index contributed by atoms with van der Waals surface area (Å²) in [6, 6.07) is 4.38. The fourth-order valence-corrected chi connectivity index (χ4v) is 1.54. The molecule has 0 aliphatic carbocycles. The van der Waals surface area contributed by atoms with E-state index >= 15 is 0 Å². The number of carbonyl (C=O) groups excluding carboxylic acids is 1. The van der Waals surface area contributed by atoms with Gasteiger partial charge in [-0.05, 0) is 26.0 Å². The van der Waals surface area contributed by atoms with Gasteiger partial charge in [0, 0.05) is 10.5 Å². The summed E-state index contributed by atoms with van der Waals surface area (Å²) in [4.78, 5) is 21.6. The monoisotopic (exact) mass is 329 g/mol. The molecule has 1 aromatic rings. The molecule has 0 radical (unpaired) electrons.